The molecule has 5 rings (SSSR count). The zero-order chi connectivity index (χ0) is 19.1. The summed E-state index contributed by atoms with van der Waals surface area (Å²) in [5.41, 5.74) is 5.01. The topological polar surface area (TPSA) is 70.7 Å². The van der Waals surface area contributed by atoms with Gasteiger partial charge in [-0.3, -0.25) is 9.36 Å². The van der Waals surface area contributed by atoms with Gasteiger partial charge in [0.2, 0.25) is 0 Å². The number of fused-ring (bicyclic) bond motifs is 4. The van der Waals surface area contributed by atoms with Crippen LogP contribution in [0.5, 0.6) is 0 Å². The zero-order valence-electron chi connectivity index (χ0n) is 15.8. The molecule has 0 aliphatic heterocycles. The Morgan fingerprint density at radius 3 is 2.89 bits per heavy atom. The van der Waals surface area contributed by atoms with E-state index in [1.165, 1.54) is 40.8 Å². The first-order valence-corrected chi connectivity index (χ1v) is 10.8. The van der Waals surface area contributed by atoms with Gasteiger partial charge in [0.15, 0.2) is 0 Å². The lowest BCUT2D eigenvalue weighted by Gasteiger charge is -2.13. The summed E-state index contributed by atoms with van der Waals surface area (Å²) in [4.78, 5) is 20.1. The molecule has 0 atom stereocenters. The van der Waals surface area contributed by atoms with Crippen LogP contribution in [0.1, 0.15) is 46.7 Å². The van der Waals surface area contributed by atoms with E-state index in [1.807, 2.05) is 0 Å². The van der Waals surface area contributed by atoms with E-state index in [9.17, 15) is 10.1 Å². The molecule has 0 saturated heterocycles. The summed E-state index contributed by atoms with van der Waals surface area (Å²) in [6.07, 6.45) is 7.81. The van der Waals surface area contributed by atoms with Crippen LogP contribution in [-0.4, -0.2) is 9.55 Å². The van der Waals surface area contributed by atoms with Crippen molar-refractivity contribution >= 4 is 27.2 Å². The molecule has 2 aliphatic carbocycles. The van der Waals surface area contributed by atoms with Gasteiger partial charge in [-0.2, -0.15) is 5.26 Å². The fourth-order valence-electron chi connectivity index (χ4n) is 4.51. The van der Waals surface area contributed by atoms with Crippen molar-refractivity contribution in [1.82, 2.24) is 9.55 Å². The number of benzene rings is 1. The van der Waals surface area contributed by atoms with Crippen LogP contribution in [0.3, 0.4) is 0 Å². The quantitative estimate of drug-likeness (QED) is 0.732. The molecule has 0 amide bonds. The summed E-state index contributed by atoms with van der Waals surface area (Å²) in [7, 11) is 0. The van der Waals surface area contributed by atoms with E-state index in [0.717, 1.165) is 41.6 Å². The summed E-state index contributed by atoms with van der Waals surface area (Å²) in [6.45, 7) is 0.474. The summed E-state index contributed by atoms with van der Waals surface area (Å²) < 4.78 is 1.55. The number of aromatic nitrogens is 2. The van der Waals surface area contributed by atoms with Crippen molar-refractivity contribution in [2.75, 3.05) is 5.32 Å². The normalized spacial score (nSPS) is 15.2. The van der Waals surface area contributed by atoms with Gasteiger partial charge in [-0.05, 0) is 73.8 Å². The Balaban J connectivity index is 1.52. The summed E-state index contributed by atoms with van der Waals surface area (Å²) in [6, 6.07) is 8.63. The SMILES string of the molecule is N#CCn1c(CNc2ccc3c(c2)CCC3)nc2sc3c(c2c1=O)CCCC3. The van der Waals surface area contributed by atoms with Gasteiger partial charge >= 0.3 is 0 Å². The van der Waals surface area contributed by atoms with Crippen molar-refractivity contribution in [3.63, 3.8) is 0 Å². The van der Waals surface area contributed by atoms with E-state index in [0.29, 0.717) is 12.4 Å². The Hall–Kier alpha value is -2.65. The predicted octanol–water partition coefficient (Wildman–Crippen LogP) is 3.96. The molecule has 5 nitrogen and oxygen atoms in total. The zero-order valence-corrected chi connectivity index (χ0v) is 16.6. The number of nitriles is 1. The molecule has 1 N–H and O–H groups in total. The number of hydrogen-bond donors (Lipinski definition) is 1. The second-order valence-electron chi connectivity index (χ2n) is 7.66. The molecule has 0 spiro atoms. The molecule has 142 valence electrons. The Morgan fingerprint density at radius 2 is 2.00 bits per heavy atom. The molecule has 3 aromatic rings. The van der Waals surface area contributed by atoms with Gasteiger partial charge in [-0.1, -0.05) is 6.07 Å². The summed E-state index contributed by atoms with van der Waals surface area (Å²) >= 11 is 1.66. The van der Waals surface area contributed by atoms with Crippen molar-refractivity contribution in [1.29, 1.82) is 5.26 Å². The van der Waals surface area contributed by atoms with Crippen LogP contribution in [0.4, 0.5) is 5.69 Å². The average Bonchev–Trinajstić information content (AvgIpc) is 3.32. The summed E-state index contributed by atoms with van der Waals surface area (Å²) in [5, 5.41) is 13.4. The molecule has 2 aliphatic rings. The highest BCUT2D eigenvalue weighted by molar-refractivity contribution is 7.18. The van der Waals surface area contributed by atoms with Gasteiger partial charge in [0.25, 0.3) is 5.56 Å². The van der Waals surface area contributed by atoms with Crippen molar-refractivity contribution in [2.24, 2.45) is 0 Å². The minimum atomic E-state index is -0.0586. The lowest BCUT2D eigenvalue weighted by molar-refractivity contribution is 0.692. The fourth-order valence-corrected chi connectivity index (χ4v) is 5.78. The highest BCUT2D eigenvalue weighted by Crippen LogP contribution is 2.34. The molecular formula is C22H22N4OS. The van der Waals surface area contributed by atoms with E-state index >= 15 is 0 Å². The average molecular weight is 391 g/mol. The van der Waals surface area contributed by atoms with Crippen LogP contribution >= 0.6 is 11.3 Å². The van der Waals surface area contributed by atoms with Gasteiger partial charge < -0.3 is 5.32 Å². The van der Waals surface area contributed by atoms with Crippen LogP contribution in [0.2, 0.25) is 0 Å². The molecule has 28 heavy (non-hydrogen) atoms. The van der Waals surface area contributed by atoms with Crippen LogP contribution in [0, 0.1) is 11.3 Å². The number of rotatable bonds is 4. The van der Waals surface area contributed by atoms with Crippen molar-refractivity contribution in [3.8, 4) is 6.07 Å². The maximum atomic E-state index is 13.2. The number of anilines is 1. The molecule has 1 aromatic carbocycles. The first-order chi connectivity index (χ1) is 13.7. The highest BCUT2D eigenvalue weighted by Gasteiger charge is 2.22. The Labute approximate surface area is 167 Å². The van der Waals surface area contributed by atoms with Crippen LogP contribution < -0.4 is 10.9 Å². The number of nitrogens with one attached hydrogen (secondary N) is 1. The van der Waals surface area contributed by atoms with Crippen molar-refractivity contribution < 1.29 is 0 Å². The third-order valence-electron chi connectivity index (χ3n) is 5.93. The van der Waals surface area contributed by atoms with Crippen LogP contribution in [0.25, 0.3) is 10.2 Å². The number of aryl methyl sites for hydroxylation is 4. The number of hydrogen-bond acceptors (Lipinski definition) is 5. The second-order valence-corrected chi connectivity index (χ2v) is 8.74. The molecular weight excluding hydrogens is 368 g/mol. The molecule has 2 aromatic heterocycles. The first-order valence-electron chi connectivity index (χ1n) is 10.0. The maximum absolute atomic E-state index is 13.2. The van der Waals surface area contributed by atoms with E-state index in [2.05, 4.69) is 29.6 Å². The number of nitrogens with zero attached hydrogens (tertiary/aromatic N) is 3. The molecule has 2 heterocycles. The molecule has 0 fully saturated rings. The number of thiophene rings is 1. The van der Waals surface area contributed by atoms with Gasteiger partial charge in [0.1, 0.15) is 17.2 Å². The van der Waals surface area contributed by atoms with E-state index in [-0.39, 0.29) is 12.1 Å². The molecule has 6 heteroatoms. The van der Waals surface area contributed by atoms with E-state index in [4.69, 9.17) is 4.98 Å². The van der Waals surface area contributed by atoms with Crippen molar-refractivity contribution in [3.05, 3.63) is 55.9 Å². The Bertz CT molecular complexity index is 1170. The Morgan fingerprint density at radius 1 is 1.14 bits per heavy atom. The lowest BCUT2D eigenvalue weighted by Crippen LogP contribution is -2.26. The highest BCUT2D eigenvalue weighted by atomic mass is 32.1. The van der Waals surface area contributed by atoms with Gasteiger partial charge in [0.05, 0.1) is 18.0 Å². The minimum Gasteiger partial charge on any atom is -0.378 e. The van der Waals surface area contributed by atoms with E-state index < -0.39 is 0 Å². The molecule has 0 radical (unpaired) electrons. The van der Waals surface area contributed by atoms with Gasteiger partial charge in [-0.25, -0.2) is 4.98 Å². The molecule has 0 saturated carbocycles. The van der Waals surface area contributed by atoms with E-state index in [1.54, 1.807) is 15.9 Å². The predicted molar refractivity (Wildman–Crippen MR) is 112 cm³/mol. The summed E-state index contributed by atoms with van der Waals surface area (Å²) in [5.74, 6) is 0.637. The standard InChI is InChI=1S/C22H22N4OS/c23-10-11-26-19(13-24-16-9-8-14-4-3-5-15(14)12-16)25-21-20(22(26)27)17-6-1-2-7-18(17)28-21/h8-9,12,24H,1-7,11,13H2. The first kappa shape index (κ1) is 17.4. The van der Waals surface area contributed by atoms with Crippen LogP contribution in [-0.2, 0) is 38.8 Å². The van der Waals surface area contributed by atoms with Crippen molar-refractivity contribution in [2.45, 2.75) is 58.0 Å². The largest absolute Gasteiger partial charge is 0.378 e. The minimum absolute atomic E-state index is 0.0353. The second kappa shape index (κ2) is 7.06. The van der Waals surface area contributed by atoms with Gasteiger partial charge in [0, 0.05) is 10.6 Å². The maximum Gasteiger partial charge on any atom is 0.263 e. The Kier molecular flexibility index (Phi) is 4.40. The third kappa shape index (κ3) is 2.91. The van der Waals surface area contributed by atoms with Crippen LogP contribution in [0.15, 0.2) is 23.0 Å². The fraction of sp³-hybridized carbons (Fsp3) is 0.409. The third-order valence-corrected chi connectivity index (χ3v) is 7.12. The smallest absolute Gasteiger partial charge is 0.263 e. The molecule has 0 unspecified atom stereocenters. The molecule has 0 bridgehead atoms. The lowest BCUT2D eigenvalue weighted by atomic mass is 9.97. The monoisotopic (exact) mass is 390 g/mol. The van der Waals surface area contributed by atoms with Gasteiger partial charge in [-0.15, -0.1) is 11.3 Å².